The second-order valence-corrected chi connectivity index (χ2v) is 5.78. The fourth-order valence-electron chi connectivity index (χ4n) is 2.78. The van der Waals surface area contributed by atoms with E-state index in [2.05, 4.69) is 55.0 Å². The molecular weight excluding hydrogens is 222 g/mol. The van der Waals surface area contributed by atoms with E-state index in [4.69, 9.17) is 0 Å². The number of hydrogen-bond donors (Lipinski definition) is 1. The lowest BCUT2D eigenvalue weighted by Crippen LogP contribution is -2.51. The average molecular weight is 247 g/mol. The van der Waals surface area contributed by atoms with Crippen LogP contribution in [0.1, 0.15) is 31.7 Å². The minimum absolute atomic E-state index is 0.611. The van der Waals surface area contributed by atoms with Gasteiger partial charge in [0, 0.05) is 31.4 Å². The number of hydrogen-bond acceptors (Lipinski definition) is 3. The third kappa shape index (κ3) is 3.22. The maximum absolute atomic E-state index is 4.57. The molecule has 1 aliphatic rings. The van der Waals surface area contributed by atoms with E-state index >= 15 is 0 Å². The normalized spacial score (nSPS) is 20.5. The molecule has 1 aromatic heterocycles. The van der Waals surface area contributed by atoms with Crippen LogP contribution in [0.3, 0.4) is 0 Å². The fraction of sp³-hybridized carbons (Fsp3) is 0.667. The SMILES string of the molecule is Cc1ccc(N2CCNC(CC(C)C)C2)c(C)n1. The predicted molar refractivity (Wildman–Crippen MR) is 77.2 cm³/mol. The molecule has 18 heavy (non-hydrogen) atoms. The molecule has 1 fully saturated rings. The van der Waals surface area contributed by atoms with Crippen molar-refractivity contribution in [3.63, 3.8) is 0 Å². The van der Waals surface area contributed by atoms with Gasteiger partial charge in [0.2, 0.25) is 0 Å². The first kappa shape index (κ1) is 13.3. The van der Waals surface area contributed by atoms with Gasteiger partial charge >= 0.3 is 0 Å². The minimum Gasteiger partial charge on any atom is -0.367 e. The number of rotatable bonds is 3. The third-order valence-corrected chi connectivity index (χ3v) is 3.55. The summed E-state index contributed by atoms with van der Waals surface area (Å²) in [5.41, 5.74) is 3.56. The van der Waals surface area contributed by atoms with Gasteiger partial charge in [0.25, 0.3) is 0 Å². The van der Waals surface area contributed by atoms with Crippen molar-refractivity contribution in [3.05, 3.63) is 23.5 Å². The summed E-state index contributed by atoms with van der Waals surface area (Å²) < 4.78 is 0. The summed E-state index contributed by atoms with van der Waals surface area (Å²) in [5, 5.41) is 3.62. The van der Waals surface area contributed by atoms with Gasteiger partial charge in [-0.15, -0.1) is 0 Å². The van der Waals surface area contributed by atoms with Crippen LogP contribution in [0.15, 0.2) is 12.1 Å². The number of piperazine rings is 1. The summed E-state index contributed by atoms with van der Waals surface area (Å²) in [6.45, 7) is 12.0. The van der Waals surface area contributed by atoms with E-state index in [0.29, 0.717) is 6.04 Å². The summed E-state index contributed by atoms with van der Waals surface area (Å²) in [6, 6.07) is 4.94. The third-order valence-electron chi connectivity index (χ3n) is 3.55. The highest BCUT2D eigenvalue weighted by Gasteiger charge is 2.21. The maximum atomic E-state index is 4.57. The largest absolute Gasteiger partial charge is 0.367 e. The molecule has 0 aromatic carbocycles. The average Bonchev–Trinajstić information content (AvgIpc) is 2.28. The van der Waals surface area contributed by atoms with Crippen LogP contribution in [0.4, 0.5) is 5.69 Å². The van der Waals surface area contributed by atoms with E-state index < -0.39 is 0 Å². The molecule has 3 heteroatoms. The zero-order valence-corrected chi connectivity index (χ0v) is 12.0. The summed E-state index contributed by atoms with van der Waals surface area (Å²) in [4.78, 5) is 7.05. The molecule has 2 heterocycles. The Morgan fingerprint density at radius 2 is 2.17 bits per heavy atom. The number of anilines is 1. The minimum atomic E-state index is 0.611. The Balaban J connectivity index is 2.08. The Labute approximate surface area is 111 Å². The highest BCUT2D eigenvalue weighted by atomic mass is 15.2. The van der Waals surface area contributed by atoms with E-state index in [-0.39, 0.29) is 0 Å². The number of aromatic nitrogens is 1. The van der Waals surface area contributed by atoms with Crippen LogP contribution < -0.4 is 10.2 Å². The molecule has 1 saturated heterocycles. The van der Waals surface area contributed by atoms with Gasteiger partial charge in [0.15, 0.2) is 0 Å². The van der Waals surface area contributed by atoms with Crippen molar-refractivity contribution in [1.29, 1.82) is 0 Å². The highest BCUT2D eigenvalue weighted by Crippen LogP contribution is 2.21. The molecule has 1 aromatic rings. The van der Waals surface area contributed by atoms with Crippen LogP contribution in [-0.2, 0) is 0 Å². The van der Waals surface area contributed by atoms with Crippen molar-refractivity contribution in [3.8, 4) is 0 Å². The molecular formula is C15H25N3. The first-order valence-corrected chi connectivity index (χ1v) is 6.99. The van der Waals surface area contributed by atoms with E-state index in [9.17, 15) is 0 Å². The van der Waals surface area contributed by atoms with Crippen molar-refractivity contribution in [2.24, 2.45) is 5.92 Å². The lowest BCUT2D eigenvalue weighted by Gasteiger charge is -2.36. The summed E-state index contributed by atoms with van der Waals surface area (Å²) in [6.07, 6.45) is 1.24. The summed E-state index contributed by atoms with van der Waals surface area (Å²) in [7, 11) is 0. The van der Waals surface area contributed by atoms with Crippen molar-refractivity contribution in [1.82, 2.24) is 10.3 Å². The molecule has 0 aliphatic carbocycles. The number of nitrogens with zero attached hydrogens (tertiary/aromatic N) is 2. The molecule has 0 spiro atoms. The van der Waals surface area contributed by atoms with Gasteiger partial charge in [-0.2, -0.15) is 0 Å². The van der Waals surface area contributed by atoms with Crippen LogP contribution in [0.2, 0.25) is 0 Å². The highest BCUT2D eigenvalue weighted by molar-refractivity contribution is 5.51. The maximum Gasteiger partial charge on any atom is 0.0608 e. The van der Waals surface area contributed by atoms with Gasteiger partial charge in [-0.3, -0.25) is 4.98 Å². The van der Waals surface area contributed by atoms with E-state index in [1.807, 2.05) is 0 Å². The molecule has 0 bridgehead atoms. The van der Waals surface area contributed by atoms with Gasteiger partial charge in [-0.25, -0.2) is 0 Å². The zero-order chi connectivity index (χ0) is 13.1. The molecule has 1 aliphatic heterocycles. The van der Waals surface area contributed by atoms with Gasteiger partial charge in [0.05, 0.1) is 11.4 Å². The molecule has 3 nitrogen and oxygen atoms in total. The first-order chi connectivity index (χ1) is 8.56. The van der Waals surface area contributed by atoms with Gasteiger partial charge in [0.1, 0.15) is 0 Å². The second kappa shape index (κ2) is 5.70. The molecule has 2 rings (SSSR count). The Hall–Kier alpha value is -1.09. The molecule has 100 valence electrons. The Morgan fingerprint density at radius 3 is 2.83 bits per heavy atom. The number of pyridine rings is 1. The van der Waals surface area contributed by atoms with Crippen LogP contribution in [0.5, 0.6) is 0 Å². The van der Waals surface area contributed by atoms with E-state index in [1.165, 1.54) is 12.1 Å². The Kier molecular flexibility index (Phi) is 4.23. The van der Waals surface area contributed by atoms with Crippen LogP contribution in [0.25, 0.3) is 0 Å². The molecule has 0 amide bonds. The van der Waals surface area contributed by atoms with Gasteiger partial charge in [-0.1, -0.05) is 13.8 Å². The van der Waals surface area contributed by atoms with Gasteiger partial charge < -0.3 is 10.2 Å². The van der Waals surface area contributed by atoms with E-state index in [1.54, 1.807) is 0 Å². The summed E-state index contributed by atoms with van der Waals surface area (Å²) >= 11 is 0. The lowest BCUT2D eigenvalue weighted by molar-refractivity contribution is 0.388. The smallest absolute Gasteiger partial charge is 0.0608 e. The quantitative estimate of drug-likeness (QED) is 0.889. The Morgan fingerprint density at radius 1 is 1.39 bits per heavy atom. The monoisotopic (exact) mass is 247 g/mol. The van der Waals surface area contributed by atoms with Crippen LogP contribution in [-0.4, -0.2) is 30.7 Å². The first-order valence-electron chi connectivity index (χ1n) is 6.99. The van der Waals surface area contributed by atoms with Gasteiger partial charge in [-0.05, 0) is 38.3 Å². The summed E-state index contributed by atoms with van der Waals surface area (Å²) in [5.74, 6) is 0.750. The number of aryl methyl sites for hydroxylation is 2. The zero-order valence-electron chi connectivity index (χ0n) is 12.0. The Bertz CT molecular complexity index is 401. The van der Waals surface area contributed by atoms with Crippen LogP contribution >= 0.6 is 0 Å². The number of nitrogens with one attached hydrogen (secondary N) is 1. The molecule has 1 N–H and O–H groups in total. The van der Waals surface area contributed by atoms with Crippen LogP contribution in [0, 0.1) is 19.8 Å². The fourth-order valence-corrected chi connectivity index (χ4v) is 2.78. The molecule has 0 saturated carbocycles. The van der Waals surface area contributed by atoms with Crippen molar-refractivity contribution < 1.29 is 0 Å². The van der Waals surface area contributed by atoms with Crippen molar-refractivity contribution in [2.45, 2.75) is 40.2 Å². The van der Waals surface area contributed by atoms with E-state index in [0.717, 1.165) is 36.9 Å². The van der Waals surface area contributed by atoms with Crippen molar-refractivity contribution >= 4 is 5.69 Å². The topological polar surface area (TPSA) is 28.2 Å². The predicted octanol–water partition coefficient (Wildman–Crippen LogP) is 2.52. The molecule has 0 radical (unpaired) electrons. The molecule has 1 unspecified atom stereocenters. The standard InChI is InChI=1S/C15H25N3/c1-11(2)9-14-10-18(8-7-16-14)15-6-5-12(3)17-13(15)4/h5-6,11,14,16H,7-10H2,1-4H3. The lowest BCUT2D eigenvalue weighted by atomic mass is 10.0. The second-order valence-electron chi connectivity index (χ2n) is 5.78. The molecule has 1 atom stereocenters. The van der Waals surface area contributed by atoms with Crippen molar-refractivity contribution in [2.75, 3.05) is 24.5 Å².